The molecular formula is C4H6F3NO. The van der Waals surface area contributed by atoms with Crippen LogP contribution in [0.2, 0.25) is 0 Å². The van der Waals surface area contributed by atoms with Crippen molar-refractivity contribution in [1.82, 2.24) is 4.90 Å². The van der Waals surface area contributed by atoms with Crippen molar-refractivity contribution in [3.8, 4) is 0 Å². The number of hydrogen-bond donors (Lipinski definition) is 0. The molecule has 0 aliphatic rings. The van der Waals surface area contributed by atoms with Crippen molar-refractivity contribution in [2.45, 2.75) is 13.0 Å². The van der Waals surface area contributed by atoms with Crippen molar-refractivity contribution in [2.75, 3.05) is 7.05 Å². The van der Waals surface area contributed by atoms with Crippen LogP contribution in [0.4, 0.5) is 18.0 Å². The van der Waals surface area contributed by atoms with Crippen LogP contribution < -0.4 is 0 Å². The number of hydrogen-bond acceptors (Lipinski definition) is 1. The number of rotatable bonds is 1. The van der Waals surface area contributed by atoms with E-state index in [4.69, 9.17) is 0 Å². The predicted octanol–water partition coefficient (Wildman–Crippen LogP) is 1.62. The molecule has 0 aromatic rings. The van der Waals surface area contributed by atoms with E-state index in [2.05, 4.69) is 0 Å². The molecule has 0 aliphatic heterocycles. The molecule has 0 saturated carbocycles. The Morgan fingerprint density at radius 2 is 1.89 bits per heavy atom. The Kier molecular flexibility index (Phi) is 2.06. The largest absolute Gasteiger partial charge is 0.404 e. The smallest absolute Gasteiger partial charge is 0.258 e. The molecule has 0 bridgehead atoms. The van der Waals surface area contributed by atoms with Gasteiger partial charge in [0.05, 0.1) is 0 Å². The molecule has 0 radical (unpaired) electrons. The molecule has 5 heteroatoms. The Morgan fingerprint density at radius 1 is 1.56 bits per heavy atom. The first-order chi connectivity index (χ1) is 3.85. The van der Waals surface area contributed by atoms with Gasteiger partial charge in [-0.3, -0.25) is 4.90 Å². The summed E-state index contributed by atoms with van der Waals surface area (Å²) in [5, 5.41) is 0. The maximum Gasteiger partial charge on any atom is 0.404 e. The highest BCUT2D eigenvalue weighted by Crippen LogP contribution is 2.16. The van der Waals surface area contributed by atoms with Crippen LogP contribution in [0.5, 0.6) is 0 Å². The summed E-state index contributed by atoms with van der Waals surface area (Å²) in [5.74, 6) is 0. The summed E-state index contributed by atoms with van der Waals surface area (Å²) in [4.78, 5) is 9.28. The Hall–Kier alpha value is -0.740. The van der Waals surface area contributed by atoms with Gasteiger partial charge in [0.1, 0.15) is 0 Å². The quantitative estimate of drug-likeness (QED) is 0.401. The van der Waals surface area contributed by atoms with E-state index in [-0.39, 0.29) is 4.90 Å². The van der Waals surface area contributed by atoms with Gasteiger partial charge in [-0.15, -0.1) is 4.39 Å². The molecule has 0 N–H and O–H groups in total. The lowest BCUT2D eigenvalue weighted by Crippen LogP contribution is -2.37. The first-order valence-electron chi connectivity index (χ1n) is 2.17. The van der Waals surface area contributed by atoms with E-state index in [0.29, 0.717) is 14.0 Å². The fraction of sp³-hybridized carbons (Fsp3) is 0.750. The van der Waals surface area contributed by atoms with Gasteiger partial charge in [-0.1, -0.05) is 0 Å². The molecular weight excluding hydrogens is 135 g/mol. The molecule has 0 aromatic carbocycles. The van der Waals surface area contributed by atoms with Gasteiger partial charge in [-0.05, 0) is 0 Å². The molecule has 9 heavy (non-hydrogen) atoms. The third-order valence-corrected chi connectivity index (χ3v) is 0.853. The number of amides is 1. The summed E-state index contributed by atoms with van der Waals surface area (Å²) < 4.78 is 35.1. The number of carbonyl (C=O) groups excluding carboxylic acids is 1. The topological polar surface area (TPSA) is 20.3 Å². The second-order valence-corrected chi connectivity index (χ2v) is 1.65. The second kappa shape index (κ2) is 2.24. The highest BCUT2D eigenvalue weighted by atomic mass is 19.3. The lowest BCUT2D eigenvalue weighted by atomic mass is 10.6. The molecule has 1 amide bonds. The van der Waals surface area contributed by atoms with E-state index in [1.54, 1.807) is 0 Å². The minimum Gasteiger partial charge on any atom is -0.258 e. The van der Waals surface area contributed by atoms with E-state index in [9.17, 15) is 18.0 Å². The molecule has 0 unspecified atom stereocenters. The average molecular weight is 141 g/mol. The molecule has 0 aliphatic carbocycles. The highest BCUT2D eigenvalue weighted by Gasteiger charge is 2.31. The molecule has 0 spiro atoms. The lowest BCUT2D eigenvalue weighted by molar-refractivity contribution is -0.0949. The maximum absolute atomic E-state index is 11.8. The Bertz CT molecular complexity index is 119. The molecule has 0 fully saturated rings. The van der Waals surface area contributed by atoms with Crippen molar-refractivity contribution < 1.29 is 18.0 Å². The predicted molar refractivity (Wildman–Crippen MR) is 24.9 cm³/mol. The maximum atomic E-state index is 11.8. The van der Waals surface area contributed by atoms with E-state index < -0.39 is 12.2 Å². The van der Waals surface area contributed by atoms with E-state index in [0.717, 1.165) is 0 Å². The summed E-state index contributed by atoms with van der Waals surface area (Å²) in [7, 11) is 0.683. The van der Waals surface area contributed by atoms with Crippen LogP contribution >= 0.6 is 0 Å². The Balaban J connectivity index is 4.04. The van der Waals surface area contributed by atoms with Crippen LogP contribution in [-0.4, -0.2) is 24.2 Å². The van der Waals surface area contributed by atoms with Crippen LogP contribution in [0.25, 0.3) is 0 Å². The number of carbonyl (C=O) groups is 1. The van der Waals surface area contributed by atoms with Gasteiger partial charge in [-0.25, -0.2) is 4.79 Å². The van der Waals surface area contributed by atoms with Gasteiger partial charge >= 0.3 is 12.2 Å². The Morgan fingerprint density at radius 3 is 1.89 bits per heavy atom. The minimum atomic E-state index is -3.41. The molecule has 0 aromatic heterocycles. The first-order valence-corrected chi connectivity index (χ1v) is 2.17. The van der Waals surface area contributed by atoms with Crippen LogP contribution in [0, 0.1) is 0 Å². The lowest BCUT2D eigenvalue weighted by Gasteiger charge is -2.19. The third-order valence-electron chi connectivity index (χ3n) is 0.853. The van der Waals surface area contributed by atoms with Crippen molar-refractivity contribution >= 4 is 6.16 Å². The minimum absolute atomic E-state index is 0.285. The number of alkyl halides is 2. The van der Waals surface area contributed by atoms with Gasteiger partial charge in [0.2, 0.25) is 0 Å². The van der Waals surface area contributed by atoms with Crippen LogP contribution in [0.15, 0.2) is 0 Å². The summed E-state index contributed by atoms with van der Waals surface area (Å²) in [6.45, 7) is 0.435. The fourth-order valence-corrected chi connectivity index (χ4v) is 0.154. The van der Waals surface area contributed by atoms with Crippen molar-refractivity contribution in [3.05, 3.63) is 0 Å². The van der Waals surface area contributed by atoms with Crippen LogP contribution in [-0.2, 0) is 0 Å². The van der Waals surface area contributed by atoms with Gasteiger partial charge in [-0.2, -0.15) is 8.78 Å². The first kappa shape index (κ1) is 8.26. The van der Waals surface area contributed by atoms with Gasteiger partial charge in [0.25, 0.3) is 0 Å². The van der Waals surface area contributed by atoms with E-state index in [1.807, 2.05) is 0 Å². The molecule has 0 saturated heterocycles. The summed E-state index contributed by atoms with van der Waals surface area (Å²) >= 11 is 0. The molecule has 0 rings (SSSR count). The third kappa shape index (κ3) is 2.34. The number of halogens is 3. The zero-order valence-corrected chi connectivity index (χ0v) is 4.99. The van der Waals surface area contributed by atoms with Gasteiger partial charge < -0.3 is 0 Å². The second-order valence-electron chi connectivity index (χ2n) is 1.65. The van der Waals surface area contributed by atoms with Gasteiger partial charge in [0.15, 0.2) is 0 Å². The highest BCUT2D eigenvalue weighted by molar-refractivity contribution is 5.66. The Labute approximate surface area is 50.3 Å². The normalized spacial score (nSPS) is 11.2. The summed E-state index contributed by atoms with van der Waals surface area (Å²) in [6, 6.07) is -3.41. The van der Waals surface area contributed by atoms with E-state index >= 15 is 0 Å². The molecule has 0 atom stereocenters. The molecule has 0 heterocycles. The zero-order valence-electron chi connectivity index (χ0n) is 4.99. The summed E-state index contributed by atoms with van der Waals surface area (Å²) in [6.07, 6.45) is -2.14. The molecule has 54 valence electrons. The zero-order chi connectivity index (χ0) is 7.65. The molecule has 2 nitrogen and oxygen atoms in total. The van der Waals surface area contributed by atoms with Crippen molar-refractivity contribution in [3.63, 3.8) is 0 Å². The SMILES string of the molecule is CN(C(=O)F)C(C)(F)F. The monoisotopic (exact) mass is 141 g/mol. The van der Waals surface area contributed by atoms with Crippen molar-refractivity contribution in [2.24, 2.45) is 0 Å². The number of nitrogens with zero attached hydrogens (tertiary/aromatic N) is 1. The average Bonchev–Trinajstić information content (AvgIpc) is 1.62. The van der Waals surface area contributed by atoms with Gasteiger partial charge in [0, 0.05) is 14.0 Å². The van der Waals surface area contributed by atoms with E-state index in [1.165, 1.54) is 0 Å². The standard InChI is InChI=1S/C4H6F3NO/c1-4(6,7)8(2)3(5)9/h1-2H3. The van der Waals surface area contributed by atoms with Crippen LogP contribution in [0.3, 0.4) is 0 Å². The fourth-order valence-electron chi connectivity index (χ4n) is 0.154. The van der Waals surface area contributed by atoms with Crippen molar-refractivity contribution in [1.29, 1.82) is 0 Å². The van der Waals surface area contributed by atoms with Crippen LogP contribution in [0.1, 0.15) is 6.92 Å². The summed E-state index contributed by atoms with van der Waals surface area (Å²) in [5.41, 5.74) is 0.